The van der Waals surface area contributed by atoms with E-state index >= 15 is 0 Å². The van der Waals surface area contributed by atoms with Crippen LogP contribution in [0.5, 0.6) is 0 Å². The predicted octanol–water partition coefficient (Wildman–Crippen LogP) is 4.89. The van der Waals surface area contributed by atoms with Gasteiger partial charge in [0.05, 0.1) is 13.0 Å². The van der Waals surface area contributed by atoms with Gasteiger partial charge in [-0.2, -0.15) is 0 Å². The monoisotopic (exact) mass is 326 g/mol. The topological polar surface area (TPSA) is 26.3 Å². The number of rotatable bonds is 1. The molecular formula is C22H30O2. The van der Waals surface area contributed by atoms with Gasteiger partial charge in [0.15, 0.2) is 0 Å². The summed E-state index contributed by atoms with van der Waals surface area (Å²) in [4.78, 5) is 12.3. The summed E-state index contributed by atoms with van der Waals surface area (Å²) in [6.07, 6.45) is 6.07. The smallest absolute Gasteiger partial charge is 0.308 e. The standard InChI is InChI=1S/C22H30O2/c1-13-5-7-16-15(11-13)6-8-18-17(16)9-10-22(3)14(2)19(12-20(18)22)21(23)24-4/h5,7,11,14,17-20H,6,8-10,12H2,1-4H3/t14-,17?,18?,19?,20?,22+/m0/s1. The molecular weight excluding hydrogens is 296 g/mol. The van der Waals surface area contributed by atoms with Gasteiger partial charge in [0.25, 0.3) is 0 Å². The lowest BCUT2D eigenvalue weighted by molar-refractivity contribution is -0.147. The minimum absolute atomic E-state index is 0.0153. The first-order chi connectivity index (χ1) is 11.5. The molecule has 1 aromatic carbocycles. The molecule has 2 nitrogen and oxygen atoms in total. The van der Waals surface area contributed by atoms with Crippen molar-refractivity contribution >= 4 is 5.97 Å². The summed E-state index contributed by atoms with van der Waals surface area (Å²) < 4.78 is 5.12. The number of ether oxygens (including phenoxy) is 1. The molecule has 3 aliphatic carbocycles. The third-order valence-corrected chi connectivity index (χ3v) is 7.98. The second kappa shape index (κ2) is 5.61. The van der Waals surface area contributed by atoms with Gasteiger partial charge >= 0.3 is 5.97 Å². The van der Waals surface area contributed by atoms with Crippen molar-refractivity contribution < 1.29 is 9.53 Å². The first-order valence-corrected chi connectivity index (χ1v) is 9.63. The summed E-state index contributed by atoms with van der Waals surface area (Å²) in [6.45, 7) is 6.94. The lowest BCUT2D eigenvalue weighted by atomic mass is 9.54. The quantitative estimate of drug-likeness (QED) is 0.687. The van der Waals surface area contributed by atoms with Gasteiger partial charge in [-0.15, -0.1) is 0 Å². The zero-order valence-corrected chi connectivity index (χ0v) is 15.5. The Kier molecular flexibility index (Phi) is 3.78. The highest BCUT2D eigenvalue weighted by Gasteiger charge is 2.58. The number of benzene rings is 1. The van der Waals surface area contributed by atoms with Crippen molar-refractivity contribution in [3.8, 4) is 0 Å². The summed E-state index contributed by atoms with van der Waals surface area (Å²) in [7, 11) is 1.54. The zero-order valence-electron chi connectivity index (χ0n) is 15.5. The fourth-order valence-corrected chi connectivity index (χ4v) is 6.46. The van der Waals surface area contributed by atoms with Crippen molar-refractivity contribution in [2.24, 2.45) is 29.1 Å². The Balaban J connectivity index is 1.67. The van der Waals surface area contributed by atoms with Crippen LogP contribution in [0.25, 0.3) is 0 Å². The van der Waals surface area contributed by atoms with Crippen LogP contribution in [-0.4, -0.2) is 13.1 Å². The zero-order chi connectivity index (χ0) is 17.1. The van der Waals surface area contributed by atoms with Crippen LogP contribution in [0.4, 0.5) is 0 Å². The van der Waals surface area contributed by atoms with Gasteiger partial charge < -0.3 is 4.74 Å². The SMILES string of the molecule is COC(=O)C1CC2C3CCc4cc(C)ccc4C3CC[C@]2(C)[C@H]1C. The van der Waals surface area contributed by atoms with Crippen molar-refractivity contribution in [2.45, 2.75) is 58.8 Å². The number of esters is 1. The second-order valence-electron chi connectivity index (χ2n) is 8.82. The van der Waals surface area contributed by atoms with Gasteiger partial charge in [-0.25, -0.2) is 0 Å². The van der Waals surface area contributed by atoms with Crippen LogP contribution in [0.15, 0.2) is 18.2 Å². The molecule has 3 aliphatic rings. The molecule has 6 atom stereocenters. The van der Waals surface area contributed by atoms with Gasteiger partial charge in [0, 0.05) is 0 Å². The molecule has 1 aromatic rings. The number of carbonyl (C=O) groups excluding carboxylic acids is 1. The number of hydrogen-bond acceptors (Lipinski definition) is 2. The van der Waals surface area contributed by atoms with Gasteiger partial charge in [-0.1, -0.05) is 37.6 Å². The molecule has 2 heteroatoms. The van der Waals surface area contributed by atoms with Crippen LogP contribution in [0.3, 0.4) is 0 Å². The Hall–Kier alpha value is -1.31. The van der Waals surface area contributed by atoms with Gasteiger partial charge in [0.1, 0.15) is 0 Å². The van der Waals surface area contributed by atoms with Crippen molar-refractivity contribution in [3.63, 3.8) is 0 Å². The van der Waals surface area contributed by atoms with Crippen molar-refractivity contribution in [3.05, 3.63) is 34.9 Å². The van der Waals surface area contributed by atoms with Gasteiger partial charge in [-0.05, 0) is 79.2 Å². The second-order valence-corrected chi connectivity index (χ2v) is 8.82. The third-order valence-electron chi connectivity index (χ3n) is 7.98. The van der Waals surface area contributed by atoms with E-state index in [-0.39, 0.29) is 11.9 Å². The highest BCUT2D eigenvalue weighted by atomic mass is 16.5. The van der Waals surface area contributed by atoms with E-state index in [0.29, 0.717) is 23.2 Å². The Morgan fingerprint density at radius 3 is 2.83 bits per heavy atom. The minimum Gasteiger partial charge on any atom is -0.469 e. The fraction of sp³-hybridized carbons (Fsp3) is 0.682. The van der Waals surface area contributed by atoms with Crippen molar-refractivity contribution in [1.82, 2.24) is 0 Å². The summed E-state index contributed by atoms with van der Waals surface area (Å²) in [5.41, 5.74) is 4.87. The van der Waals surface area contributed by atoms with Gasteiger partial charge in [0.2, 0.25) is 0 Å². The normalized spacial score (nSPS) is 40.4. The molecule has 24 heavy (non-hydrogen) atoms. The molecule has 2 saturated carbocycles. The number of fused-ring (bicyclic) bond motifs is 5. The van der Waals surface area contributed by atoms with E-state index in [2.05, 4.69) is 39.0 Å². The molecule has 0 aliphatic heterocycles. The third kappa shape index (κ3) is 2.18. The molecule has 0 bridgehead atoms. The summed E-state index contributed by atoms with van der Waals surface area (Å²) in [6, 6.07) is 7.07. The minimum atomic E-state index is 0.0153. The van der Waals surface area contributed by atoms with E-state index in [0.717, 1.165) is 12.3 Å². The highest BCUT2D eigenvalue weighted by Crippen LogP contribution is 2.64. The molecule has 0 spiro atoms. The first-order valence-electron chi connectivity index (χ1n) is 9.63. The van der Waals surface area contributed by atoms with Crippen LogP contribution in [0.2, 0.25) is 0 Å². The largest absolute Gasteiger partial charge is 0.469 e. The van der Waals surface area contributed by atoms with Crippen LogP contribution < -0.4 is 0 Å². The maximum absolute atomic E-state index is 12.3. The van der Waals surface area contributed by atoms with Crippen molar-refractivity contribution in [2.75, 3.05) is 7.11 Å². The van der Waals surface area contributed by atoms with E-state index in [1.165, 1.54) is 31.2 Å². The maximum atomic E-state index is 12.3. The highest BCUT2D eigenvalue weighted by molar-refractivity contribution is 5.73. The van der Waals surface area contributed by atoms with E-state index < -0.39 is 0 Å². The molecule has 0 heterocycles. The lowest BCUT2D eigenvalue weighted by Gasteiger charge is -2.50. The van der Waals surface area contributed by atoms with E-state index in [4.69, 9.17) is 4.74 Å². The Morgan fingerprint density at radius 2 is 2.08 bits per heavy atom. The molecule has 0 amide bonds. The van der Waals surface area contributed by atoms with Crippen LogP contribution in [0.1, 0.15) is 62.1 Å². The summed E-state index contributed by atoms with van der Waals surface area (Å²) in [5.74, 6) is 2.68. The number of hydrogen-bond donors (Lipinski definition) is 0. The molecule has 0 aromatic heterocycles. The first kappa shape index (κ1) is 16.2. The van der Waals surface area contributed by atoms with Crippen molar-refractivity contribution in [1.29, 1.82) is 0 Å². The molecule has 0 radical (unpaired) electrons. The average Bonchev–Trinajstić information content (AvgIpc) is 2.85. The summed E-state index contributed by atoms with van der Waals surface area (Å²) in [5, 5.41) is 0. The number of carbonyl (C=O) groups is 1. The maximum Gasteiger partial charge on any atom is 0.308 e. The predicted molar refractivity (Wildman–Crippen MR) is 95.8 cm³/mol. The van der Waals surface area contributed by atoms with E-state index in [1.807, 2.05) is 0 Å². The van der Waals surface area contributed by atoms with Gasteiger partial charge in [-0.3, -0.25) is 4.79 Å². The van der Waals surface area contributed by atoms with E-state index in [1.54, 1.807) is 18.2 Å². The fourth-order valence-electron chi connectivity index (χ4n) is 6.46. The molecule has 0 saturated heterocycles. The van der Waals surface area contributed by atoms with Crippen LogP contribution in [0, 0.1) is 36.0 Å². The molecule has 2 fully saturated rings. The Bertz CT molecular complexity index is 664. The molecule has 4 rings (SSSR count). The van der Waals surface area contributed by atoms with E-state index in [9.17, 15) is 4.79 Å². The Morgan fingerprint density at radius 1 is 1.29 bits per heavy atom. The van der Waals surface area contributed by atoms with Crippen LogP contribution in [-0.2, 0) is 16.0 Å². The Labute approximate surface area is 146 Å². The summed E-state index contributed by atoms with van der Waals surface area (Å²) >= 11 is 0. The molecule has 0 N–H and O–H groups in total. The molecule has 4 unspecified atom stereocenters. The number of aryl methyl sites for hydroxylation is 2. The van der Waals surface area contributed by atoms with Crippen LogP contribution >= 0.6 is 0 Å². The average molecular weight is 326 g/mol. The lowest BCUT2D eigenvalue weighted by Crippen LogP contribution is -2.42. The molecule has 130 valence electrons. The number of methoxy groups -OCH3 is 1.